The first kappa shape index (κ1) is 24.0. The van der Waals surface area contributed by atoms with Crippen LogP contribution >= 0.6 is 0 Å². The maximum absolute atomic E-state index is 13.1. The Morgan fingerprint density at radius 3 is 2.82 bits per heavy atom. The van der Waals surface area contributed by atoms with E-state index in [1.165, 1.54) is 0 Å². The molecule has 9 nitrogen and oxygen atoms in total. The molecule has 1 unspecified atom stereocenters. The van der Waals surface area contributed by atoms with Crippen LogP contribution in [-0.2, 0) is 16.6 Å². The molecule has 200 valence electrons. The zero-order valence-electron chi connectivity index (χ0n) is 22.0. The molecule has 0 saturated carbocycles. The Morgan fingerprint density at radius 1 is 1.00 bits per heavy atom. The number of hydrogen-bond acceptors (Lipinski definition) is 6. The predicted octanol–water partition coefficient (Wildman–Crippen LogP) is 4.68. The van der Waals surface area contributed by atoms with Crippen LogP contribution in [0.4, 0.5) is 0 Å². The van der Waals surface area contributed by atoms with Crippen LogP contribution in [0, 0.1) is 0 Å². The number of para-hydroxylation sites is 1. The topological polar surface area (TPSA) is 83.6 Å². The number of fused-ring (bicyclic) bond motifs is 6. The van der Waals surface area contributed by atoms with Crippen LogP contribution in [0.2, 0.25) is 0 Å². The lowest BCUT2D eigenvalue weighted by molar-refractivity contribution is -0.133. The van der Waals surface area contributed by atoms with Crippen molar-refractivity contribution in [2.45, 2.75) is 38.0 Å². The molecule has 39 heavy (non-hydrogen) atoms. The van der Waals surface area contributed by atoms with Gasteiger partial charge < -0.3 is 19.1 Å². The summed E-state index contributed by atoms with van der Waals surface area (Å²) >= 11 is 0. The minimum absolute atomic E-state index is 0.00786. The molecule has 2 aromatic carbocycles. The summed E-state index contributed by atoms with van der Waals surface area (Å²) in [4.78, 5) is 14.9. The van der Waals surface area contributed by atoms with Gasteiger partial charge in [-0.2, -0.15) is 10.2 Å². The monoisotopic (exact) mass is 525 g/mol. The smallest absolute Gasteiger partial charge is 0.263 e. The molecule has 7 rings (SSSR count). The van der Waals surface area contributed by atoms with Crippen molar-refractivity contribution in [2.24, 2.45) is 7.05 Å². The zero-order valence-corrected chi connectivity index (χ0v) is 22.0. The predicted molar refractivity (Wildman–Crippen MR) is 147 cm³/mol. The highest BCUT2D eigenvalue weighted by molar-refractivity contribution is 5.93. The van der Waals surface area contributed by atoms with Gasteiger partial charge in [-0.05, 0) is 55.2 Å². The maximum Gasteiger partial charge on any atom is 0.263 e. The second-order valence-corrected chi connectivity index (χ2v) is 10.3. The molecular weight excluding hydrogens is 494 g/mol. The number of ether oxygens (including phenoxy) is 3. The van der Waals surface area contributed by atoms with Crippen molar-refractivity contribution >= 4 is 29.0 Å². The normalized spacial score (nSPS) is 22.2. The number of benzene rings is 2. The standard InChI is InChI=1S/C30H31N5O4/c1-33-30-23(19-31-33)21-10-12-25-22(18-21)24(32-35(25)28-8-4-5-16-37-28)11-9-20-6-2-3-7-26(20)39-27-13-14-34(29(27)36)15-17-38-30/h2-3,6-7,9-12,18-19,27-28H,4-5,8,13-17H2,1H3/b11-9+/t27-,28?/m1/s1. The van der Waals surface area contributed by atoms with Crippen molar-refractivity contribution in [2.75, 3.05) is 26.3 Å². The average Bonchev–Trinajstić information content (AvgIpc) is 3.63. The molecule has 0 N–H and O–H groups in total. The minimum atomic E-state index is -0.508. The fourth-order valence-electron chi connectivity index (χ4n) is 5.73. The Bertz CT molecular complexity index is 1560. The van der Waals surface area contributed by atoms with Crippen molar-refractivity contribution in [1.29, 1.82) is 0 Å². The molecule has 2 fully saturated rings. The Hall–Kier alpha value is -4.11. The van der Waals surface area contributed by atoms with Gasteiger partial charge in [0.1, 0.15) is 12.4 Å². The summed E-state index contributed by atoms with van der Waals surface area (Å²) in [5.74, 6) is 1.35. The molecule has 4 bridgehead atoms. The molecule has 1 amide bonds. The summed E-state index contributed by atoms with van der Waals surface area (Å²) in [5, 5.41) is 10.5. The van der Waals surface area contributed by atoms with E-state index in [9.17, 15) is 4.79 Å². The molecular formula is C30H31N5O4. The third-order valence-electron chi connectivity index (χ3n) is 7.82. The first-order valence-corrected chi connectivity index (χ1v) is 13.7. The number of carbonyl (C=O) groups is 1. The Balaban J connectivity index is 1.38. The van der Waals surface area contributed by atoms with E-state index in [-0.39, 0.29) is 12.1 Å². The van der Waals surface area contributed by atoms with Crippen LogP contribution in [0.15, 0.2) is 48.7 Å². The average molecular weight is 526 g/mol. The van der Waals surface area contributed by atoms with Crippen LogP contribution in [0.1, 0.15) is 43.2 Å². The Morgan fingerprint density at radius 2 is 1.92 bits per heavy atom. The molecule has 3 aliphatic rings. The van der Waals surface area contributed by atoms with Gasteiger partial charge >= 0.3 is 0 Å². The molecule has 0 spiro atoms. The van der Waals surface area contributed by atoms with Crippen molar-refractivity contribution in [3.8, 4) is 22.8 Å². The van der Waals surface area contributed by atoms with Gasteiger partial charge in [0.05, 0.1) is 29.5 Å². The maximum atomic E-state index is 13.1. The number of carbonyl (C=O) groups excluding carboxylic acids is 1. The van der Waals surface area contributed by atoms with Gasteiger partial charge in [-0.3, -0.25) is 4.79 Å². The molecule has 0 radical (unpaired) electrons. The molecule has 3 aliphatic heterocycles. The fraction of sp³-hybridized carbons (Fsp3) is 0.367. The van der Waals surface area contributed by atoms with Crippen LogP contribution in [0.3, 0.4) is 0 Å². The van der Waals surface area contributed by atoms with E-state index in [0.717, 1.165) is 59.2 Å². The quantitative estimate of drug-likeness (QED) is 0.359. The highest BCUT2D eigenvalue weighted by Crippen LogP contribution is 2.36. The van der Waals surface area contributed by atoms with E-state index in [1.807, 2.05) is 59.2 Å². The number of aryl methyl sites for hydroxylation is 1. The molecule has 2 saturated heterocycles. The van der Waals surface area contributed by atoms with Crippen molar-refractivity contribution in [1.82, 2.24) is 24.5 Å². The molecule has 5 heterocycles. The van der Waals surface area contributed by atoms with Crippen LogP contribution < -0.4 is 9.47 Å². The number of hydrogen-bond donors (Lipinski definition) is 0. The zero-order chi connectivity index (χ0) is 26.3. The number of nitrogens with zero attached hydrogens (tertiary/aromatic N) is 5. The summed E-state index contributed by atoms with van der Waals surface area (Å²) in [6.07, 6.45) is 9.05. The van der Waals surface area contributed by atoms with Crippen molar-refractivity contribution in [3.05, 3.63) is 59.9 Å². The molecule has 4 aromatic rings. The van der Waals surface area contributed by atoms with Gasteiger partial charge in [0.2, 0.25) is 5.88 Å². The summed E-state index contributed by atoms with van der Waals surface area (Å²) in [7, 11) is 1.87. The van der Waals surface area contributed by atoms with Crippen LogP contribution in [0.5, 0.6) is 11.6 Å². The van der Waals surface area contributed by atoms with Crippen LogP contribution in [-0.4, -0.2) is 62.8 Å². The van der Waals surface area contributed by atoms with Crippen molar-refractivity contribution in [3.63, 3.8) is 0 Å². The second kappa shape index (κ2) is 9.89. The Kier molecular flexibility index (Phi) is 6.08. The lowest BCUT2D eigenvalue weighted by Crippen LogP contribution is -2.35. The summed E-state index contributed by atoms with van der Waals surface area (Å²) in [6, 6.07) is 14.2. The van der Waals surface area contributed by atoms with E-state index in [0.29, 0.717) is 37.7 Å². The van der Waals surface area contributed by atoms with Crippen LogP contribution in [0.25, 0.3) is 34.2 Å². The van der Waals surface area contributed by atoms with E-state index in [1.54, 1.807) is 4.68 Å². The highest BCUT2D eigenvalue weighted by Gasteiger charge is 2.33. The first-order valence-electron chi connectivity index (χ1n) is 13.7. The molecule has 2 atom stereocenters. The summed E-state index contributed by atoms with van der Waals surface area (Å²) in [5.41, 5.74) is 4.66. The second-order valence-electron chi connectivity index (χ2n) is 10.3. The molecule has 9 heteroatoms. The van der Waals surface area contributed by atoms with Crippen molar-refractivity contribution < 1.29 is 19.0 Å². The number of aromatic nitrogens is 4. The van der Waals surface area contributed by atoms with Gasteiger partial charge in [0, 0.05) is 37.6 Å². The summed E-state index contributed by atoms with van der Waals surface area (Å²) in [6.45, 7) is 2.24. The molecule has 0 aliphatic carbocycles. The number of rotatable bonds is 1. The van der Waals surface area contributed by atoms with Gasteiger partial charge in [-0.25, -0.2) is 9.36 Å². The van der Waals surface area contributed by atoms with Gasteiger partial charge in [-0.1, -0.05) is 24.3 Å². The highest BCUT2D eigenvalue weighted by atomic mass is 16.5. The Labute approximate surface area is 226 Å². The lowest BCUT2D eigenvalue weighted by atomic mass is 10.0. The number of amides is 1. The van der Waals surface area contributed by atoms with E-state index < -0.39 is 6.10 Å². The minimum Gasteiger partial charge on any atom is -0.480 e. The summed E-state index contributed by atoms with van der Waals surface area (Å²) < 4.78 is 22.3. The fourth-order valence-corrected chi connectivity index (χ4v) is 5.73. The van der Waals surface area contributed by atoms with Gasteiger partial charge in [0.25, 0.3) is 5.91 Å². The van der Waals surface area contributed by atoms with E-state index >= 15 is 0 Å². The van der Waals surface area contributed by atoms with E-state index in [2.05, 4.69) is 23.3 Å². The van der Waals surface area contributed by atoms with E-state index in [4.69, 9.17) is 19.3 Å². The first-order chi connectivity index (χ1) is 19.2. The van der Waals surface area contributed by atoms with Gasteiger partial charge in [-0.15, -0.1) is 0 Å². The largest absolute Gasteiger partial charge is 0.480 e. The molecule has 2 aromatic heterocycles. The third kappa shape index (κ3) is 4.36. The lowest BCUT2D eigenvalue weighted by Gasteiger charge is -2.23. The SMILES string of the molecule is Cn1ncc2c1OCCN1CC[C@@H](Oc3ccccc3/C=C/c3nn(C4CCCCO4)c4ccc-2cc34)C1=O. The third-order valence-corrected chi connectivity index (χ3v) is 7.82. The van der Waals surface area contributed by atoms with Gasteiger partial charge in [0.15, 0.2) is 12.3 Å².